The molecule has 13 heteroatoms. The predicted molar refractivity (Wildman–Crippen MR) is 136 cm³/mol. The van der Waals surface area contributed by atoms with Crippen LogP contribution in [0.5, 0.6) is 5.75 Å². The molecule has 1 amide bonds. The highest BCUT2D eigenvalue weighted by Gasteiger charge is 2.22. The van der Waals surface area contributed by atoms with E-state index in [-0.39, 0.29) is 46.7 Å². The molecule has 192 valence electrons. The van der Waals surface area contributed by atoms with Crippen LogP contribution in [-0.2, 0) is 16.6 Å². The number of rotatable bonds is 10. The Morgan fingerprint density at radius 3 is 2.54 bits per heavy atom. The molecule has 0 spiro atoms. The zero-order chi connectivity index (χ0) is 26.6. The summed E-state index contributed by atoms with van der Waals surface area (Å²) in [5.41, 5.74) is 7.95. The van der Waals surface area contributed by atoms with Crippen LogP contribution in [0.25, 0.3) is 11.3 Å². The van der Waals surface area contributed by atoms with Gasteiger partial charge in [0.05, 0.1) is 29.5 Å². The molecule has 4 aromatic rings. The molecule has 2 heterocycles. The number of carbonyl (C=O) groups is 1. The highest BCUT2D eigenvalue weighted by atomic mass is 32.2. The lowest BCUT2D eigenvalue weighted by Crippen LogP contribution is -2.15. The zero-order valence-corrected chi connectivity index (χ0v) is 20.8. The van der Waals surface area contributed by atoms with Crippen LogP contribution in [0.3, 0.4) is 0 Å². The van der Waals surface area contributed by atoms with Crippen molar-refractivity contribution in [3.05, 3.63) is 77.5 Å². The van der Waals surface area contributed by atoms with E-state index in [1.807, 2.05) is 0 Å². The number of aryl methyl sites for hydroxylation is 1. The minimum atomic E-state index is -3.61. The Labute approximate surface area is 212 Å². The van der Waals surface area contributed by atoms with E-state index in [2.05, 4.69) is 30.2 Å². The van der Waals surface area contributed by atoms with E-state index in [1.54, 1.807) is 31.3 Å². The Bertz CT molecular complexity index is 1520. The second-order valence-electron chi connectivity index (χ2n) is 7.99. The van der Waals surface area contributed by atoms with Crippen LogP contribution >= 0.6 is 0 Å². The zero-order valence-electron chi connectivity index (χ0n) is 19.9. The molecule has 0 aliphatic carbocycles. The van der Waals surface area contributed by atoms with Crippen LogP contribution in [0.4, 0.5) is 21.7 Å². The molecule has 0 saturated heterocycles. The Kier molecular flexibility index (Phi) is 7.34. The molecule has 0 atom stereocenters. The molecule has 11 nitrogen and oxygen atoms in total. The fourth-order valence-corrected chi connectivity index (χ4v) is 3.97. The van der Waals surface area contributed by atoms with Gasteiger partial charge in [-0.15, -0.1) is 0 Å². The van der Waals surface area contributed by atoms with E-state index < -0.39 is 15.9 Å². The van der Waals surface area contributed by atoms with Gasteiger partial charge in [0.2, 0.25) is 10.0 Å². The number of amides is 1. The average Bonchev–Trinajstić information content (AvgIpc) is 3.29. The number of sulfonamides is 1. The van der Waals surface area contributed by atoms with Crippen LogP contribution in [-0.4, -0.2) is 40.2 Å². The number of hydrogen-bond donors (Lipinski definition) is 4. The summed E-state index contributed by atoms with van der Waals surface area (Å²) in [5, 5.41) is 9.92. The molecule has 4 rings (SSSR count). The topological polar surface area (TPSA) is 165 Å². The second kappa shape index (κ2) is 10.6. The first kappa shape index (κ1) is 25.6. The van der Waals surface area contributed by atoms with Gasteiger partial charge in [-0.2, -0.15) is 5.10 Å². The molecule has 2 aromatic carbocycles. The van der Waals surface area contributed by atoms with Crippen molar-refractivity contribution in [2.45, 2.75) is 20.5 Å². The molecule has 0 unspecified atom stereocenters. The van der Waals surface area contributed by atoms with E-state index in [0.29, 0.717) is 16.9 Å². The van der Waals surface area contributed by atoms with Crippen LogP contribution in [0.2, 0.25) is 0 Å². The number of H-pyrrole nitrogens is 1. The fourth-order valence-electron chi connectivity index (χ4n) is 3.32. The SMILES string of the molecule is CCS(=O)(=O)Nc1ccc(-c2n[nH]c(Nc3cnc(C)cn3)c2C(N)=O)cc1OCc1ccc(F)cc1. The number of hydrogen-bond acceptors (Lipinski definition) is 8. The maximum absolute atomic E-state index is 13.3. The van der Waals surface area contributed by atoms with Gasteiger partial charge in [-0.1, -0.05) is 18.2 Å². The first-order valence-electron chi connectivity index (χ1n) is 11.1. The highest BCUT2D eigenvalue weighted by Crippen LogP contribution is 2.35. The van der Waals surface area contributed by atoms with Gasteiger partial charge in [0, 0.05) is 5.56 Å². The van der Waals surface area contributed by atoms with Crippen LogP contribution in [0, 0.1) is 12.7 Å². The number of carbonyl (C=O) groups excluding carboxylic acids is 1. The van der Waals surface area contributed by atoms with Gasteiger partial charge in [-0.25, -0.2) is 17.8 Å². The molecular formula is C24H24FN7O4S. The lowest BCUT2D eigenvalue weighted by molar-refractivity contribution is 0.100. The smallest absolute Gasteiger partial charge is 0.254 e. The maximum atomic E-state index is 13.3. The summed E-state index contributed by atoms with van der Waals surface area (Å²) in [4.78, 5) is 20.7. The number of benzene rings is 2. The average molecular weight is 526 g/mol. The predicted octanol–water partition coefficient (Wildman–Crippen LogP) is 3.50. The second-order valence-corrected chi connectivity index (χ2v) is 10.00. The molecule has 0 radical (unpaired) electrons. The third kappa shape index (κ3) is 6.19. The van der Waals surface area contributed by atoms with E-state index >= 15 is 0 Å². The van der Waals surface area contributed by atoms with Crippen molar-refractivity contribution in [3.8, 4) is 17.0 Å². The normalized spacial score (nSPS) is 11.2. The third-order valence-electron chi connectivity index (χ3n) is 5.25. The molecule has 0 aliphatic rings. The van der Waals surface area contributed by atoms with Crippen molar-refractivity contribution in [1.29, 1.82) is 0 Å². The quantitative estimate of drug-likeness (QED) is 0.244. The molecular weight excluding hydrogens is 501 g/mol. The lowest BCUT2D eigenvalue weighted by atomic mass is 10.1. The molecule has 0 saturated carbocycles. The van der Waals surface area contributed by atoms with Crippen molar-refractivity contribution < 1.29 is 22.3 Å². The van der Waals surface area contributed by atoms with E-state index in [0.717, 1.165) is 5.69 Å². The summed E-state index contributed by atoms with van der Waals surface area (Å²) in [6, 6.07) is 10.3. The molecule has 5 N–H and O–H groups in total. The van der Waals surface area contributed by atoms with Crippen molar-refractivity contribution in [2.75, 3.05) is 15.8 Å². The Morgan fingerprint density at radius 1 is 1.14 bits per heavy atom. The summed E-state index contributed by atoms with van der Waals surface area (Å²) < 4.78 is 46.1. The van der Waals surface area contributed by atoms with Gasteiger partial charge in [0.1, 0.15) is 41.1 Å². The Morgan fingerprint density at radius 2 is 1.89 bits per heavy atom. The summed E-state index contributed by atoms with van der Waals surface area (Å²) in [6.07, 6.45) is 3.06. The number of nitrogens with two attached hydrogens (primary N) is 1. The maximum Gasteiger partial charge on any atom is 0.254 e. The number of aromatic nitrogens is 4. The van der Waals surface area contributed by atoms with E-state index in [9.17, 15) is 17.6 Å². The lowest BCUT2D eigenvalue weighted by Gasteiger charge is -2.15. The third-order valence-corrected chi connectivity index (χ3v) is 6.55. The molecule has 0 aliphatic heterocycles. The van der Waals surface area contributed by atoms with Gasteiger partial charge in [0.25, 0.3) is 5.91 Å². The number of primary amides is 1. The van der Waals surface area contributed by atoms with E-state index in [1.165, 1.54) is 37.4 Å². The minimum absolute atomic E-state index is 0.0345. The summed E-state index contributed by atoms with van der Waals surface area (Å²) in [6.45, 7) is 3.33. The standard InChI is InChI=1S/C24H24FN7O4S/c1-3-37(34,35)32-18-9-6-16(10-19(18)36-13-15-4-7-17(25)8-5-15)22-21(23(26)33)24(31-30-22)29-20-12-27-14(2)11-28-20/h4-12,32H,3,13H2,1-2H3,(H2,26,33)(H2,28,29,30,31). The van der Waals surface area contributed by atoms with E-state index in [4.69, 9.17) is 10.5 Å². The van der Waals surface area contributed by atoms with Crippen LogP contribution < -0.4 is 20.5 Å². The van der Waals surface area contributed by atoms with Gasteiger partial charge < -0.3 is 15.8 Å². The van der Waals surface area contributed by atoms with Crippen molar-refractivity contribution in [3.63, 3.8) is 0 Å². The number of nitrogens with one attached hydrogen (secondary N) is 3. The van der Waals surface area contributed by atoms with Gasteiger partial charge in [-0.05, 0) is 43.7 Å². The molecule has 0 bridgehead atoms. The van der Waals surface area contributed by atoms with Gasteiger partial charge >= 0.3 is 0 Å². The van der Waals surface area contributed by atoms with Crippen LogP contribution in [0.1, 0.15) is 28.5 Å². The monoisotopic (exact) mass is 525 g/mol. The summed E-state index contributed by atoms with van der Waals surface area (Å²) in [7, 11) is -3.61. The van der Waals surface area contributed by atoms with Crippen molar-refractivity contribution in [2.24, 2.45) is 5.73 Å². The number of halogens is 1. The number of aromatic amines is 1. The number of nitrogens with zero attached hydrogens (tertiary/aromatic N) is 3. The Hall–Kier alpha value is -4.52. The highest BCUT2D eigenvalue weighted by molar-refractivity contribution is 7.92. The van der Waals surface area contributed by atoms with Crippen molar-refractivity contribution >= 4 is 33.3 Å². The Balaban J connectivity index is 1.70. The first-order chi connectivity index (χ1) is 17.6. The summed E-state index contributed by atoms with van der Waals surface area (Å²) >= 11 is 0. The van der Waals surface area contributed by atoms with Gasteiger partial charge in [0.15, 0.2) is 0 Å². The van der Waals surface area contributed by atoms with Gasteiger partial charge in [-0.3, -0.25) is 19.6 Å². The number of ether oxygens (including phenoxy) is 1. The largest absolute Gasteiger partial charge is 0.487 e. The minimum Gasteiger partial charge on any atom is -0.487 e. The fraction of sp³-hybridized carbons (Fsp3) is 0.167. The van der Waals surface area contributed by atoms with Crippen LogP contribution in [0.15, 0.2) is 54.9 Å². The molecule has 37 heavy (non-hydrogen) atoms. The molecule has 2 aromatic heterocycles. The number of anilines is 3. The summed E-state index contributed by atoms with van der Waals surface area (Å²) in [5.74, 6) is -0.525. The molecule has 0 fully saturated rings. The first-order valence-corrected chi connectivity index (χ1v) is 12.8. The van der Waals surface area contributed by atoms with Crippen molar-refractivity contribution in [1.82, 2.24) is 20.2 Å².